The van der Waals surface area contributed by atoms with Crippen LogP contribution in [-0.4, -0.2) is 75.3 Å². The number of nitriles is 1. The molecule has 0 unspecified atom stereocenters. The lowest BCUT2D eigenvalue weighted by atomic mass is 9.78. The maximum atomic E-state index is 14.2. The molecule has 2 aromatic carbocycles. The quantitative estimate of drug-likeness (QED) is 0.229. The molecule has 3 aliphatic rings. The number of fused-ring (bicyclic) bond motifs is 1. The molecular formula is C36H39N7O4. The third-order valence-electron chi connectivity index (χ3n) is 9.86. The van der Waals surface area contributed by atoms with Crippen molar-refractivity contribution in [3.05, 3.63) is 89.0 Å². The molecule has 0 aliphatic carbocycles. The Kier molecular flexibility index (Phi) is 8.30. The van der Waals surface area contributed by atoms with E-state index in [9.17, 15) is 14.9 Å². The molecule has 4 aromatic rings. The molecule has 0 radical (unpaired) electrons. The summed E-state index contributed by atoms with van der Waals surface area (Å²) in [6.45, 7) is 6.39. The number of para-hydroxylation sites is 1. The van der Waals surface area contributed by atoms with E-state index in [-0.39, 0.29) is 34.4 Å². The maximum absolute atomic E-state index is 14.2. The molecule has 0 saturated carbocycles. The first-order valence-corrected chi connectivity index (χ1v) is 16.3. The summed E-state index contributed by atoms with van der Waals surface area (Å²) in [6, 6.07) is 20.9. The Morgan fingerprint density at radius 3 is 2.45 bits per heavy atom. The molecule has 11 heteroatoms. The number of hydrogen-bond acceptors (Lipinski definition) is 8. The third-order valence-corrected chi connectivity index (χ3v) is 9.86. The lowest BCUT2D eigenvalue weighted by Gasteiger charge is -2.44. The van der Waals surface area contributed by atoms with Crippen molar-refractivity contribution >= 4 is 22.8 Å². The second-order valence-corrected chi connectivity index (χ2v) is 13.1. The summed E-state index contributed by atoms with van der Waals surface area (Å²) in [4.78, 5) is 36.5. The highest BCUT2D eigenvalue weighted by molar-refractivity contribution is 5.97. The maximum Gasteiger partial charge on any atom is 0.334 e. The fraction of sp³-hybridized carbons (Fsp3) is 0.389. The average Bonchev–Trinajstić information content (AvgIpc) is 3.37. The third kappa shape index (κ3) is 6.02. The van der Waals surface area contributed by atoms with Crippen LogP contribution in [0.1, 0.15) is 38.6 Å². The minimum absolute atomic E-state index is 0.176. The van der Waals surface area contributed by atoms with E-state index >= 15 is 0 Å². The molecule has 7 rings (SSSR count). The second kappa shape index (κ2) is 12.7. The van der Waals surface area contributed by atoms with Gasteiger partial charge in [-0.3, -0.25) is 18.8 Å². The normalized spacial score (nSPS) is 20.5. The fourth-order valence-corrected chi connectivity index (χ4v) is 7.06. The van der Waals surface area contributed by atoms with E-state index in [2.05, 4.69) is 22.9 Å². The molecule has 0 bridgehead atoms. The van der Waals surface area contributed by atoms with Gasteiger partial charge in [-0.2, -0.15) is 5.26 Å². The van der Waals surface area contributed by atoms with Crippen LogP contribution in [0.2, 0.25) is 0 Å². The van der Waals surface area contributed by atoms with Gasteiger partial charge in [0.2, 0.25) is 0 Å². The summed E-state index contributed by atoms with van der Waals surface area (Å²) < 4.78 is 14.6. The molecule has 47 heavy (non-hydrogen) atoms. The lowest BCUT2D eigenvalue weighted by molar-refractivity contribution is -0.128. The number of imidazole rings is 1. The highest BCUT2D eigenvalue weighted by atomic mass is 16.5. The minimum atomic E-state index is -0.296. The summed E-state index contributed by atoms with van der Waals surface area (Å²) in [5.41, 5.74) is 7.86. The van der Waals surface area contributed by atoms with Crippen molar-refractivity contribution in [1.82, 2.24) is 23.9 Å². The van der Waals surface area contributed by atoms with Gasteiger partial charge in [-0.05, 0) is 86.7 Å². The van der Waals surface area contributed by atoms with Crippen molar-refractivity contribution in [2.24, 2.45) is 5.41 Å². The first-order valence-electron chi connectivity index (χ1n) is 16.3. The number of carbonyl (C=O) groups excluding carboxylic acids is 1. The Balaban J connectivity index is 1.14. The Labute approximate surface area is 273 Å². The molecule has 3 fully saturated rings. The van der Waals surface area contributed by atoms with E-state index < -0.39 is 0 Å². The summed E-state index contributed by atoms with van der Waals surface area (Å²) in [6.07, 6.45) is 6.67. The fourth-order valence-electron chi connectivity index (χ4n) is 7.06. The number of nitrogens with two attached hydrogens (primary N) is 1. The van der Waals surface area contributed by atoms with Gasteiger partial charge in [-0.1, -0.05) is 31.2 Å². The molecule has 2 aromatic heterocycles. The first kappa shape index (κ1) is 30.7. The van der Waals surface area contributed by atoms with Gasteiger partial charge in [-0.15, -0.1) is 0 Å². The van der Waals surface area contributed by atoms with E-state index in [1.165, 1.54) is 0 Å². The minimum Gasteiger partial charge on any atom is -0.457 e. The standard InChI is InChI=1S/C36H39N7O4/c1-36(14-18-40(19-15-36)28-23-46-24-28)20-25(21-37)34(44)41-17-5-6-27(22-41)42-31-13-16-39-33(38)32(31)43(35(42)45)26-9-11-30(12-10-26)47-29-7-3-2-4-8-29/h2-4,7-13,16,20,27-28H,5-6,14-15,17-19,22-24H2,1H3,(H2,38,39)/b25-20+/t27-/m1/s1. The predicted molar refractivity (Wildman–Crippen MR) is 178 cm³/mol. The first-order chi connectivity index (χ1) is 22.8. The van der Waals surface area contributed by atoms with Gasteiger partial charge in [0.15, 0.2) is 0 Å². The van der Waals surface area contributed by atoms with Gasteiger partial charge < -0.3 is 20.1 Å². The van der Waals surface area contributed by atoms with Crippen LogP contribution in [0.25, 0.3) is 16.7 Å². The van der Waals surface area contributed by atoms with Crippen LogP contribution in [0.5, 0.6) is 11.5 Å². The largest absolute Gasteiger partial charge is 0.457 e. The monoisotopic (exact) mass is 633 g/mol. The topological polar surface area (TPSA) is 132 Å². The number of carbonyl (C=O) groups is 1. The molecule has 3 aliphatic heterocycles. The molecule has 1 amide bonds. The Morgan fingerprint density at radius 2 is 1.77 bits per heavy atom. The zero-order valence-corrected chi connectivity index (χ0v) is 26.5. The predicted octanol–water partition coefficient (Wildman–Crippen LogP) is 4.68. The van der Waals surface area contributed by atoms with Crippen LogP contribution in [0.3, 0.4) is 0 Å². The zero-order valence-electron chi connectivity index (χ0n) is 26.5. The molecule has 11 nitrogen and oxygen atoms in total. The Hall–Kier alpha value is -4.92. The van der Waals surface area contributed by atoms with Crippen molar-refractivity contribution in [1.29, 1.82) is 5.26 Å². The van der Waals surface area contributed by atoms with Gasteiger partial charge in [0, 0.05) is 19.3 Å². The molecule has 0 spiro atoms. The molecule has 242 valence electrons. The van der Waals surface area contributed by atoms with Gasteiger partial charge in [0.05, 0.1) is 36.5 Å². The van der Waals surface area contributed by atoms with E-state index in [4.69, 9.17) is 15.2 Å². The summed E-state index contributed by atoms with van der Waals surface area (Å²) in [7, 11) is 0. The molecule has 2 N–H and O–H groups in total. The lowest BCUT2D eigenvalue weighted by Crippen LogP contribution is -2.53. The number of amides is 1. The summed E-state index contributed by atoms with van der Waals surface area (Å²) >= 11 is 0. The van der Waals surface area contributed by atoms with Gasteiger partial charge in [0.25, 0.3) is 5.91 Å². The average molecular weight is 634 g/mol. The van der Waals surface area contributed by atoms with E-state index in [1.54, 1.807) is 26.3 Å². The van der Waals surface area contributed by atoms with Crippen LogP contribution in [-0.2, 0) is 9.53 Å². The highest BCUT2D eigenvalue weighted by Gasteiger charge is 2.36. The number of aromatic nitrogens is 3. The molecule has 1 atom stereocenters. The SMILES string of the molecule is CC1(/C=C(\C#N)C(=O)N2CCC[C@@H](n3c(=O)n(-c4ccc(Oc5ccccc5)cc4)c4c(N)nccc43)C2)CCN(C2COC2)CC1. The highest BCUT2D eigenvalue weighted by Crippen LogP contribution is 2.36. The summed E-state index contributed by atoms with van der Waals surface area (Å²) in [5, 5.41) is 10.1. The molecule has 5 heterocycles. The number of nitrogen functional groups attached to an aromatic ring is 1. The van der Waals surface area contributed by atoms with Crippen molar-refractivity contribution in [2.45, 2.75) is 44.7 Å². The number of pyridine rings is 1. The van der Waals surface area contributed by atoms with Gasteiger partial charge in [-0.25, -0.2) is 9.78 Å². The van der Waals surface area contributed by atoms with E-state index in [1.807, 2.05) is 60.7 Å². The second-order valence-electron chi connectivity index (χ2n) is 13.1. The Morgan fingerprint density at radius 1 is 1.04 bits per heavy atom. The molecule has 3 saturated heterocycles. The van der Waals surface area contributed by atoms with Crippen LogP contribution in [0.15, 0.2) is 83.3 Å². The number of benzene rings is 2. The number of piperidine rings is 2. The van der Waals surface area contributed by atoms with Crippen molar-refractivity contribution in [3.63, 3.8) is 0 Å². The van der Waals surface area contributed by atoms with Crippen molar-refractivity contribution < 1.29 is 14.3 Å². The van der Waals surface area contributed by atoms with Gasteiger partial charge >= 0.3 is 5.69 Å². The Bertz CT molecular complexity index is 1900. The van der Waals surface area contributed by atoms with Crippen molar-refractivity contribution in [3.8, 4) is 23.3 Å². The number of hydrogen-bond donors (Lipinski definition) is 1. The van der Waals surface area contributed by atoms with Crippen LogP contribution in [0.4, 0.5) is 5.82 Å². The van der Waals surface area contributed by atoms with E-state index in [0.29, 0.717) is 60.2 Å². The number of anilines is 1. The summed E-state index contributed by atoms with van der Waals surface area (Å²) in [5.74, 6) is 1.32. The number of nitrogens with zero attached hydrogens (tertiary/aromatic N) is 6. The van der Waals surface area contributed by atoms with Gasteiger partial charge in [0.1, 0.15) is 34.5 Å². The van der Waals surface area contributed by atoms with E-state index in [0.717, 1.165) is 39.1 Å². The number of ether oxygens (including phenoxy) is 2. The molecular weight excluding hydrogens is 594 g/mol. The van der Waals surface area contributed by atoms with Crippen LogP contribution in [0, 0.1) is 16.7 Å². The smallest absolute Gasteiger partial charge is 0.334 e. The number of allylic oxidation sites excluding steroid dienone is 1. The number of likely N-dealkylation sites (tertiary alicyclic amines) is 2. The van der Waals surface area contributed by atoms with Crippen LogP contribution >= 0.6 is 0 Å². The van der Waals surface area contributed by atoms with Crippen molar-refractivity contribution in [2.75, 3.05) is 45.1 Å². The zero-order chi connectivity index (χ0) is 32.5. The van der Waals surface area contributed by atoms with Crippen LogP contribution < -0.4 is 16.2 Å². The number of rotatable bonds is 7.